The summed E-state index contributed by atoms with van der Waals surface area (Å²) in [6, 6.07) is 6.79. The van der Waals surface area contributed by atoms with Gasteiger partial charge in [0, 0.05) is 6.54 Å². The van der Waals surface area contributed by atoms with Gasteiger partial charge in [0.15, 0.2) is 0 Å². The Morgan fingerprint density at radius 2 is 1.55 bits per heavy atom. The third-order valence-electron chi connectivity index (χ3n) is 3.83. The number of benzene rings is 1. The van der Waals surface area contributed by atoms with E-state index in [4.69, 9.17) is 0 Å². The molecule has 0 saturated carbocycles. The summed E-state index contributed by atoms with van der Waals surface area (Å²) in [6.07, 6.45) is 3.94. The van der Waals surface area contributed by atoms with Gasteiger partial charge in [0.2, 0.25) is 0 Å². The van der Waals surface area contributed by atoms with Crippen LogP contribution in [0.2, 0.25) is 0 Å². The standard InChI is InChI=1S/C18H32N2/c1-5-20(6-2)11-9-7-8-10-19-15-18-13-16(3)12-17(4)14-18/h12-14,19H,5-11,15H2,1-4H3. The zero-order chi connectivity index (χ0) is 14.8. The highest BCUT2D eigenvalue weighted by atomic mass is 15.1. The van der Waals surface area contributed by atoms with Crippen molar-refractivity contribution in [1.82, 2.24) is 10.2 Å². The fourth-order valence-electron chi connectivity index (χ4n) is 2.71. The molecule has 1 aromatic rings. The molecule has 0 aliphatic carbocycles. The van der Waals surface area contributed by atoms with Gasteiger partial charge in [0.05, 0.1) is 0 Å². The Labute approximate surface area is 125 Å². The minimum absolute atomic E-state index is 0.999. The Kier molecular flexibility index (Phi) is 8.56. The summed E-state index contributed by atoms with van der Waals surface area (Å²) in [7, 11) is 0. The Balaban J connectivity index is 2.07. The van der Waals surface area contributed by atoms with E-state index in [-0.39, 0.29) is 0 Å². The van der Waals surface area contributed by atoms with Gasteiger partial charge >= 0.3 is 0 Å². The minimum atomic E-state index is 0.999. The Morgan fingerprint density at radius 1 is 0.900 bits per heavy atom. The Bertz CT molecular complexity index is 349. The van der Waals surface area contributed by atoms with Crippen LogP contribution in [0.5, 0.6) is 0 Å². The van der Waals surface area contributed by atoms with Gasteiger partial charge in [0.1, 0.15) is 0 Å². The summed E-state index contributed by atoms with van der Waals surface area (Å²) >= 11 is 0. The quantitative estimate of drug-likeness (QED) is 0.652. The maximum atomic E-state index is 3.56. The molecule has 1 aromatic carbocycles. The van der Waals surface area contributed by atoms with E-state index in [2.05, 4.69) is 56.1 Å². The molecule has 20 heavy (non-hydrogen) atoms. The van der Waals surface area contributed by atoms with E-state index in [0.29, 0.717) is 0 Å². The molecule has 0 heterocycles. The molecular weight excluding hydrogens is 244 g/mol. The van der Waals surface area contributed by atoms with Crippen LogP contribution in [0.25, 0.3) is 0 Å². The van der Waals surface area contributed by atoms with Gasteiger partial charge in [0.25, 0.3) is 0 Å². The van der Waals surface area contributed by atoms with E-state index in [1.807, 2.05) is 0 Å². The number of hydrogen-bond donors (Lipinski definition) is 1. The lowest BCUT2D eigenvalue weighted by Crippen LogP contribution is -2.24. The lowest BCUT2D eigenvalue weighted by atomic mass is 10.1. The molecule has 2 heteroatoms. The Hall–Kier alpha value is -0.860. The highest BCUT2D eigenvalue weighted by Crippen LogP contribution is 2.08. The average molecular weight is 276 g/mol. The van der Waals surface area contributed by atoms with Crippen molar-refractivity contribution in [2.24, 2.45) is 0 Å². The molecule has 0 bridgehead atoms. The lowest BCUT2D eigenvalue weighted by Gasteiger charge is -2.17. The summed E-state index contributed by atoms with van der Waals surface area (Å²) < 4.78 is 0. The third kappa shape index (κ3) is 7.06. The van der Waals surface area contributed by atoms with Crippen molar-refractivity contribution in [3.8, 4) is 0 Å². The van der Waals surface area contributed by atoms with Crippen LogP contribution < -0.4 is 5.32 Å². The predicted octanol–water partition coefficient (Wildman–Crippen LogP) is 3.91. The van der Waals surface area contributed by atoms with Gasteiger partial charge in [-0.2, -0.15) is 0 Å². The van der Waals surface area contributed by atoms with Gasteiger partial charge < -0.3 is 10.2 Å². The first-order chi connectivity index (χ1) is 9.65. The van der Waals surface area contributed by atoms with Crippen molar-refractivity contribution in [2.75, 3.05) is 26.2 Å². The lowest BCUT2D eigenvalue weighted by molar-refractivity contribution is 0.295. The van der Waals surface area contributed by atoms with E-state index in [0.717, 1.165) is 13.1 Å². The smallest absolute Gasteiger partial charge is 0.0205 e. The number of nitrogens with zero attached hydrogens (tertiary/aromatic N) is 1. The van der Waals surface area contributed by atoms with Gasteiger partial charge in [-0.1, -0.05) is 49.6 Å². The molecule has 1 N–H and O–H groups in total. The summed E-state index contributed by atoms with van der Waals surface area (Å²) in [5.74, 6) is 0. The van der Waals surface area contributed by atoms with Crippen molar-refractivity contribution in [2.45, 2.75) is 53.5 Å². The van der Waals surface area contributed by atoms with Crippen LogP contribution in [0.3, 0.4) is 0 Å². The highest BCUT2D eigenvalue weighted by molar-refractivity contribution is 5.28. The topological polar surface area (TPSA) is 15.3 Å². The Morgan fingerprint density at radius 3 is 2.15 bits per heavy atom. The maximum absolute atomic E-state index is 3.56. The largest absolute Gasteiger partial charge is 0.313 e. The fraction of sp³-hybridized carbons (Fsp3) is 0.667. The van der Waals surface area contributed by atoms with Gasteiger partial charge in [-0.05, 0) is 58.4 Å². The predicted molar refractivity (Wildman–Crippen MR) is 89.3 cm³/mol. The van der Waals surface area contributed by atoms with Crippen molar-refractivity contribution in [3.63, 3.8) is 0 Å². The molecule has 0 fully saturated rings. The molecule has 1 rings (SSSR count). The molecule has 0 amide bonds. The van der Waals surface area contributed by atoms with Crippen LogP contribution in [0.1, 0.15) is 49.8 Å². The molecule has 0 spiro atoms. The first kappa shape index (κ1) is 17.2. The van der Waals surface area contributed by atoms with Crippen LogP contribution in [-0.2, 0) is 6.54 Å². The summed E-state index contributed by atoms with van der Waals surface area (Å²) in [5.41, 5.74) is 4.13. The van der Waals surface area contributed by atoms with E-state index in [9.17, 15) is 0 Å². The average Bonchev–Trinajstić information content (AvgIpc) is 2.41. The number of rotatable bonds is 10. The first-order valence-corrected chi connectivity index (χ1v) is 8.16. The van der Waals surface area contributed by atoms with E-state index in [1.165, 1.54) is 55.6 Å². The zero-order valence-electron chi connectivity index (χ0n) is 13.8. The van der Waals surface area contributed by atoms with Gasteiger partial charge in [-0.15, -0.1) is 0 Å². The summed E-state index contributed by atoms with van der Waals surface area (Å²) in [4.78, 5) is 2.50. The molecule has 0 aromatic heterocycles. The van der Waals surface area contributed by atoms with Crippen LogP contribution >= 0.6 is 0 Å². The van der Waals surface area contributed by atoms with Crippen molar-refractivity contribution in [1.29, 1.82) is 0 Å². The zero-order valence-corrected chi connectivity index (χ0v) is 13.8. The van der Waals surface area contributed by atoms with E-state index >= 15 is 0 Å². The summed E-state index contributed by atoms with van der Waals surface area (Å²) in [5, 5.41) is 3.56. The number of aryl methyl sites for hydroxylation is 2. The van der Waals surface area contributed by atoms with Crippen LogP contribution in [0.4, 0.5) is 0 Å². The minimum Gasteiger partial charge on any atom is -0.313 e. The second-order valence-corrected chi connectivity index (χ2v) is 5.76. The molecule has 0 atom stereocenters. The molecule has 2 nitrogen and oxygen atoms in total. The maximum Gasteiger partial charge on any atom is 0.0205 e. The number of unbranched alkanes of at least 4 members (excludes halogenated alkanes) is 2. The molecule has 0 unspecified atom stereocenters. The SMILES string of the molecule is CCN(CC)CCCCCNCc1cc(C)cc(C)c1. The van der Waals surface area contributed by atoms with Crippen LogP contribution in [0, 0.1) is 13.8 Å². The molecule has 0 aliphatic heterocycles. The molecule has 114 valence electrons. The number of hydrogen-bond acceptors (Lipinski definition) is 2. The number of nitrogens with one attached hydrogen (secondary N) is 1. The molecule has 0 aliphatic rings. The first-order valence-electron chi connectivity index (χ1n) is 8.16. The third-order valence-corrected chi connectivity index (χ3v) is 3.83. The highest BCUT2D eigenvalue weighted by Gasteiger charge is 1.99. The molecule has 0 saturated heterocycles. The van der Waals surface area contributed by atoms with Crippen molar-refractivity contribution >= 4 is 0 Å². The van der Waals surface area contributed by atoms with Gasteiger partial charge in [-0.3, -0.25) is 0 Å². The molecular formula is C18H32N2. The molecule has 0 radical (unpaired) electrons. The summed E-state index contributed by atoms with van der Waals surface area (Å²) in [6.45, 7) is 14.6. The second kappa shape index (κ2) is 9.95. The van der Waals surface area contributed by atoms with Crippen LogP contribution in [0.15, 0.2) is 18.2 Å². The van der Waals surface area contributed by atoms with Gasteiger partial charge in [-0.25, -0.2) is 0 Å². The fourth-order valence-corrected chi connectivity index (χ4v) is 2.71. The van der Waals surface area contributed by atoms with Crippen molar-refractivity contribution < 1.29 is 0 Å². The monoisotopic (exact) mass is 276 g/mol. The second-order valence-electron chi connectivity index (χ2n) is 5.76. The van der Waals surface area contributed by atoms with Crippen LogP contribution in [-0.4, -0.2) is 31.1 Å². The van der Waals surface area contributed by atoms with E-state index < -0.39 is 0 Å². The van der Waals surface area contributed by atoms with E-state index in [1.54, 1.807) is 0 Å². The van der Waals surface area contributed by atoms with Crippen molar-refractivity contribution in [3.05, 3.63) is 34.9 Å². The normalized spacial score (nSPS) is 11.2.